The lowest BCUT2D eigenvalue weighted by molar-refractivity contribution is -0.141. The van der Waals surface area contributed by atoms with Crippen molar-refractivity contribution in [2.24, 2.45) is 0 Å². The van der Waals surface area contributed by atoms with Gasteiger partial charge in [-0.25, -0.2) is 8.42 Å². The number of nitrogens with zero attached hydrogens (tertiary/aromatic N) is 2. The molecule has 1 N–H and O–H groups in total. The zero-order chi connectivity index (χ0) is 30.5. The first-order valence-electron chi connectivity index (χ1n) is 13.3. The van der Waals surface area contributed by atoms with Gasteiger partial charge in [0, 0.05) is 12.1 Å². The second kappa shape index (κ2) is 13.3. The lowest BCUT2D eigenvalue weighted by atomic mass is 10.0. The summed E-state index contributed by atoms with van der Waals surface area (Å²) >= 11 is 12.8. The molecule has 0 unspecified atom stereocenters. The summed E-state index contributed by atoms with van der Waals surface area (Å²) in [5.41, 5.74) is 2.20. The van der Waals surface area contributed by atoms with E-state index >= 15 is 0 Å². The number of amides is 2. The molecule has 41 heavy (non-hydrogen) atoms. The maximum absolute atomic E-state index is 14.2. The molecule has 0 saturated carbocycles. The number of hydrogen-bond donors (Lipinski definition) is 1. The SMILES string of the molecule is CC[C@H](C(=O)NC(C)(C)C)N(Cc1ccccc1C)C(=O)CN(c1cccc(Cl)c1Cl)S(=O)(=O)c1ccc(C)cc1. The Hall–Kier alpha value is -3.07. The van der Waals surface area contributed by atoms with Gasteiger partial charge in [0.25, 0.3) is 10.0 Å². The largest absolute Gasteiger partial charge is 0.350 e. The van der Waals surface area contributed by atoms with Crippen molar-refractivity contribution in [3.63, 3.8) is 0 Å². The van der Waals surface area contributed by atoms with Crippen molar-refractivity contribution >= 4 is 50.7 Å². The van der Waals surface area contributed by atoms with E-state index in [1.54, 1.807) is 24.3 Å². The first kappa shape index (κ1) is 32.4. The molecule has 0 aliphatic heterocycles. The molecule has 10 heteroatoms. The molecule has 220 valence electrons. The number of hydrogen-bond acceptors (Lipinski definition) is 4. The van der Waals surface area contributed by atoms with Gasteiger partial charge in [0.1, 0.15) is 12.6 Å². The molecule has 0 heterocycles. The Bertz CT molecular complexity index is 1500. The van der Waals surface area contributed by atoms with Crippen LogP contribution in [-0.2, 0) is 26.2 Å². The van der Waals surface area contributed by atoms with E-state index in [9.17, 15) is 18.0 Å². The average Bonchev–Trinajstić information content (AvgIpc) is 2.89. The van der Waals surface area contributed by atoms with Gasteiger partial charge in [0.2, 0.25) is 11.8 Å². The molecule has 7 nitrogen and oxygen atoms in total. The number of halogens is 2. The van der Waals surface area contributed by atoms with E-state index in [2.05, 4.69) is 5.32 Å². The maximum Gasteiger partial charge on any atom is 0.264 e. The molecule has 0 fully saturated rings. The zero-order valence-electron chi connectivity index (χ0n) is 24.2. The van der Waals surface area contributed by atoms with Gasteiger partial charge >= 0.3 is 0 Å². The van der Waals surface area contributed by atoms with E-state index in [1.807, 2.05) is 65.8 Å². The number of aryl methyl sites for hydroxylation is 2. The third-order valence-electron chi connectivity index (χ3n) is 6.57. The molecular weight excluding hydrogens is 581 g/mol. The maximum atomic E-state index is 14.2. The summed E-state index contributed by atoms with van der Waals surface area (Å²) in [6.45, 7) is 10.7. The summed E-state index contributed by atoms with van der Waals surface area (Å²) in [6.07, 6.45) is 0.322. The Morgan fingerprint density at radius 2 is 1.56 bits per heavy atom. The van der Waals surface area contributed by atoms with Crippen LogP contribution in [0.2, 0.25) is 10.0 Å². The monoisotopic (exact) mass is 617 g/mol. The summed E-state index contributed by atoms with van der Waals surface area (Å²) in [5, 5.41) is 3.11. The minimum atomic E-state index is -4.26. The molecule has 0 bridgehead atoms. The predicted molar refractivity (Wildman–Crippen MR) is 166 cm³/mol. The standard InChI is InChI=1S/C31H37Cl2N3O4S/c1-7-26(30(38)34-31(4,5)6)35(19-23-12-9-8-11-22(23)3)28(37)20-36(27-14-10-13-25(32)29(27)33)41(39,40)24-17-15-21(2)16-18-24/h8-18,26H,7,19-20H2,1-6H3,(H,34,38)/t26-/m1/s1. The molecule has 3 aromatic carbocycles. The Balaban J connectivity index is 2.13. The fourth-order valence-electron chi connectivity index (χ4n) is 4.38. The van der Waals surface area contributed by atoms with Crippen LogP contribution in [0.1, 0.15) is 50.8 Å². The van der Waals surface area contributed by atoms with E-state index in [0.717, 1.165) is 21.0 Å². The van der Waals surface area contributed by atoms with E-state index in [4.69, 9.17) is 23.2 Å². The third kappa shape index (κ3) is 8.03. The topological polar surface area (TPSA) is 86.8 Å². The van der Waals surface area contributed by atoms with Crippen molar-refractivity contribution in [2.45, 2.75) is 71.0 Å². The van der Waals surface area contributed by atoms with Crippen molar-refractivity contribution in [3.8, 4) is 0 Å². The van der Waals surface area contributed by atoms with Crippen LogP contribution in [0.5, 0.6) is 0 Å². The highest BCUT2D eigenvalue weighted by Crippen LogP contribution is 2.35. The minimum absolute atomic E-state index is 0.000578. The number of benzene rings is 3. The Kier molecular flexibility index (Phi) is 10.5. The Morgan fingerprint density at radius 1 is 0.927 bits per heavy atom. The number of nitrogens with one attached hydrogen (secondary N) is 1. The smallest absolute Gasteiger partial charge is 0.264 e. The fourth-order valence-corrected chi connectivity index (χ4v) is 6.25. The summed E-state index contributed by atoms with van der Waals surface area (Å²) in [7, 11) is -4.26. The lowest BCUT2D eigenvalue weighted by Crippen LogP contribution is -2.55. The van der Waals surface area contributed by atoms with Gasteiger partial charge in [0.15, 0.2) is 0 Å². The summed E-state index contributed by atoms with van der Waals surface area (Å²) in [5.74, 6) is -0.883. The van der Waals surface area contributed by atoms with E-state index in [1.165, 1.54) is 23.1 Å². The molecule has 3 aromatic rings. The van der Waals surface area contributed by atoms with Gasteiger partial charge in [-0.15, -0.1) is 0 Å². The van der Waals surface area contributed by atoms with Crippen molar-refractivity contribution < 1.29 is 18.0 Å². The zero-order valence-corrected chi connectivity index (χ0v) is 26.6. The second-order valence-corrected chi connectivity index (χ2v) is 13.7. The van der Waals surface area contributed by atoms with Gasteiger partial charge in [-0.3, -0.25) is 13.9 Å². The molecule has 3 rings (SSSR count). The Labute approximate surface area is 253 Å². The lowest BCUT2D eigenvalue weighted by Gasteiger charge is -2.35. The second-order valence-electron chi connectivity index (χ2n) is 11.0. The summed E-state index contributed by atoms with van der Waals surface area (Å²) in [4.78, 5) is 29.1. The molecule has 0 radical (unpaired) electrons. The van der Waals surface area contributed by atoms with Crippen LogP contribution < -0.4 is 9.62 Å². The third-order valence-corrected chi connectivity index (χ3v) is 9.16. The number of sulfonamides is 1. The quantitative estimate of drug-likeness (QED) is 0.280. The van der Waals surface area contributed by atoms with Crippen LogP contribution in [0, 0.1) is 13.8 Å². The minimum Gasteiger partial charge on any atom is -0.350 e. The summed E-state index contributed by atoms with van der Waals surface area (Å²) < 4.78 is 29.0. The van der Waals surface area contributed by atoms with Crippen LogP contribution in [0.3, 0.4) is 0 Å². The van der Waals surface area contributed by atoms with Gasteiger partial charge < -0.3 is 10.2 Å². The molecule has 0 saturated heterocycles. The molecule has 0 spiro atoms. The first-order chi connectivity index (χ1) is 19.2. The van der Waals surface area contributed by atoms with E-state index in [0.29, 0.717) is 6.42 Å². The van der Waals surface area contributed by atoms with Crippen LogP contribution in [0.15, 0.2) is 71.6 Å². The molecule has 0 aliphatic carbocycles. The first-order valence-corrected chi connectivity index (χ1v) is 15.5. The van der Waals surface area contributed by atoms with Crippen LogP contribution in [0.25, 0.3) is 0 Å². The van der Waals surface area contributed by atoms with E-state index in [-0.39, 0.29) is 33.1 Å². The van der Waals surface area contributed by atoms with Crippen molar-refractivity contribution in [3.05, 3.63) is 93.5 Å². The predicted octanol–water partition coefficient (Wildman–Crippen LogP) is 6.53. The van der Waals surface area contributed by atoms with Crippen LogP contribution in [-0.4, -0.2) is 43.3 Å². The van der Waals surface area contributed by atoms with Gasteiger partial charge in [-0.1, -0.05) is 78.2 Å². The summed E-state index contributed by atoms with van der Waals surface area (Å²) in [6, 6.07) is 17.7. The average molecular weight is 619 g/mol. The van der Waals surface area contributed by atoms with Crippen LogP contribution in [0.4, 0.5) is 5.69 Å². The molecule has 2 amide bonds. The van der Waals surface area contributed by atoms with Gasteiger partial charge in [0.05, 0.1) is 20.6 Å². The van der Waals surface area contributed by atoms with Gasteiger partial charge in [-0.05, 0) is 76.4 Å². The Morgan fingerprint density at radius 3 is 2.15 bits per heavy atom. The normalized spacial score (nSPS) is 12.5. The van der Waals surface area contributed by atoms with Crippen LogP contribution >= 0.6 is 23.2 Å². The fraction of sp³-hybridized carbons (Fsp3) is 0.355. The molecule has 1 atom stereocenters. The van der Waals surface area contributed by atoms with E-state index < -0.39 is 34.1 Å². The van der Waals surface area contributed by atoms with Crippen molar-refractivity contribution in [2.75, 3.05) is 10.8 Å². The highest BCUT2D eigenvalue weighted by molar-refractivity contribution is 7.92. The highest BCUT2D eigenvalue weighted by atomic mass is 35.5. The highest BCUT2D eigenvalue weighted by Gasteiger charge is 2.35. The molecular formula is C31H37Cl2N3O4S. The molecule has 0 aliphatic rings. The number of anilines is 1. The van der Waals surface area contributed by atoms with Crippen molar-refractivity contribution in [1.29, 1.82) is 0 Å². The molecule has 0 aromatic heterocycles. The van der Waals surface area contributed by atoms with Crippen molar-refractivity contribution in [1.82, 2.24) is 10.2 Å². The van der Waals surface area contributed by atoms with Gasteiger partial charge in [-0.2, -0.15) is 0 Å². The number of carbonyl (C=O) groups excluding carboxylic acids is 2. The number of rotatable bonds is 10. The number of carbonyl (C=O) groups is 2.